The van der Waals surface area contributed by atoms with Crippen LogP contribution in [0.1, 0.15) is 24.0 Å². The molecule has 0 aromatic heterocycles. The van der Waals surface area contributed by atoms with Gasteiger partial charge in [-0.1, -0.05) is 13.0 Å². The minimum atomic E-state index is -3.00. The molecule has 3 aliphatic carbocycles. The fraction of sp³-hybridized carbons (Fsp3) is 0.297. The summed E-state index contributed by atoms with van der Waals surface area (Å²) in [6.45, 7) is 1.65. The maximum Gasteiger partial charge on any atom is 0.255 e. The lowest BCUT2D eigenvalue weighted by molar-refractivity contribution is -0.169. The van der Waals surface area contributed by atoms with E-state index in [2.05, 4.69) is 20.9 Å². The smallest absolute Gasteiger partial charge is 0.255 e. The minimum Gasteiger partial charge on any atom is -0.508 e. The van der Waals surface area contributed by atoms with Crippen molar-refractivity contribution in [1.29, 1.82) is 0 Å². The first-order chi connectivity index (χ1) is 25.0. The van der Waals surface area contributed by atoms with Crippen LogP contribution in [0.4, 0.5) is 28.4 Å². The van der Waals surface area contributed by atoms with Gasteiger partial charge in [0.05, 0.1) is 40.7 Å². The van der Waals surface area contributed by atoms with E-state index in [0.717, 1.165) is 5.69 Å². The van der Waals surface area contributed by atoms with Gasteiger partial charge in [0.15, 0.2) is 16.5 Å². The molecule has 3 aromatic carbocycles. The van der Waals surface area contributed by atoms with Crippen molar-refractivity contribution in [3.8, 4) is 5.75 Å². The van der Waals surface area contributed by atoms with E-state index in [1.54, 1.807) is 37.3 Å². The molecule has 6 rings (SSSR count). The van der Waals surface area contributed by atoms with E-state index in [1.165, 1.54) is 25.1 Å². The molecular formula is C37H39N7O8S. The number of primary amides is 1. The lowest BCUT2D eigenvalue weighted by atomic mass is 9.54. The van der Waals surface area contributed by atoms with E-state index in [4.69, 9.17) is 18.0 Å². The molecule has 3 aliphatic rings. The number of hydrogen-bond acceptors (Lipinski definition) is 13. The fourth-order valence-corrected chi connectivity index (χ4v) is 7.77. The molecule has 0 saturated heterocycles. The number of thiocarbonyl (C=S) groups is 1. The summed E-state index contributed by atoms with van der Waals surface area (Å²) in [5.74, 6) is -9.71. The monoisotopic (exact) mass is 741 g/mol. The van der Waals surface area contributed by atoms with Gasteiger partial charge in [0.1, 0.15) is 22.8 Å². The number of ketones is 2. The lowest BCUT2D eigenvalue weighted by Gasteiger charge is -2.53. The molecule has 0 bridgehead atoms. The summed E-state index contributed by atoms with van der Waals surface area (Å²) in [6, 6.07) is 16.2. The number of nitrogens with one attached hydrogen (secondary N) is 2. The number of azo groups is 1. The summed E-state index contributed by atoms with van der Waals surface area (Å²) >= 11 is 5.48. The number of nitrogens with zero attached hydrogens (tertiary/aromatic N) is 4. The number of carbonyl (C=O) groups excluding carboxylic acids is 3. The standard InChI is InChI=1S/C37H39N7O8S/c1-16-21-14-15-22(40-36(53)39-17-6-8-18(9-7-17)41-42-19-10-12-20(13-11-19)43(2)3)29(45)24(21)30(46)25-23(16)31(47)27-28(44(4)5)32(48)26(35(38)51)34(50)37(27,52)33(25)49/h6-16,23,27-28,31,45-47,50,52H,1-5H3,(H2,38,51)(H2,39,40,53)/t16-,23+,27+,28-,31-,37-/m0/s1. The van der Waals surface area contributed by atoms with Crippen LogP contribution in [-0.2, 0) is 14.4 Å². The second-order valence-corrected chi connectivity index (χ2v) is 14.1. The van der Waals surface area contributed by atoms with Gasteiger partial charge in [-0.2, -0.15) is 10.2 Å². The maximum absolute atomic E-state index is 14.2. The van der Waals surface area contributed by atoms with Gasteiger partial charge < -0.3 is 46.8 Å². The molecule has 0 heterocycles. The van der Waals surface area contributed by atoms with Crippen molar-refractivity contribution in [3.05, 3.63) is 88.7 Å². The molecule has 1 saturated carbocycles. The van der Waals surface area contributed by atoms with E-state index in [1.807, 2.05) is 43.3 Å². The van der Waals surface area contributed by atoms with Gasteiger partial charge in [0, 0.05) is 37.0 Å². The van der Waals surface area contributed by atoms with Gasteiger partial charge >= 0.3 is 0 Å². The number of phenols is 1. The third-order valence-electron chi connectivity index (χ3n) is 10.1. The Morgan fingerprint density at radius 1 is 0.906 bits per heavy atom. The number of carbonyl (C=O) groups is 3. The zero-order chi connectivity index (χ0) is 38.7. The van der Waals surface area contributed by atoms with E-state index in [-0.39, 0.29) is 16.4 Å². The number of rotatable bonds is 7. The molecule has 0 radical (unpaired) electrons. The first-order valence-corrected chi connectivity index (χ1v) is 17.0. The number of likely N-dealkylation sites (N-methyl/N-ethyl adjacent to an activating group) is 1. The highest BCUT2D eigenvalue weighted by molar-refractivity contribution is 7.80. The quantitative estimate of drug-likeness (QED) is 0.0746. The van der Waals surface area contributed by atoms with E-state index in [0.29, 0.717) is 22.6 Å². The van der Waals surface area contributed by atoms with Gasteiger partial charge in [-0.25, -0.2) is 0 Å². The molecule has 6 atom stereocenters. The maximum atomic E-state index is 14.2. The third-order valence-corrected chi connectivity index (χ3v) is 10.4. The van der Waals surface area contributed by atoms with E-state index < -0.39 is 81.4 Å². The Kier molecular flexibility index (Phi) is 9.59. The largest absolute Gasteiger partial charge is 0.508 e. The molecule has 0 aliphatic heterocycles. The van der Waals surface area contributed by atoms with Crippen LogP contribution in [0.15, 0.2) is 87.8 Å². The topological polar surface area (TPSA) is 234 Å². The summed E-state index contributed by atoms with van der Waals surface area (Å²) in [7, 11) is 6.80. The average Bonchev–Trinajstić information content (AvgIpc) is 3.10. The molecule has 1 amide bonds. The number of nitrogens with two attached hydrogens (primary N) is 1. The first-order valence-electron chi connectivity index (χ1n) is 16.5. The Hall–Kier alpha value is -5.68. The number of amides is 1. The highest BCUT2D eigenvalue weighted by Gasteiger charge is 2.68. The molecule has 53 heavy (non-hydrogen) atoms. The van der Waals surface area contributed by atoms with Crippen molar-refractivity contribution in [2.75, 3.05) is 43.7 Å². The van der Waals surface area contributed by atoms with Gasteiger partial charge in [0.2, 0.25) is 5.78 Å². The van der Waals surface area contributed by atoms with Gasteiger partial charge in [-0.05, 0) is 92.4 Å². The summed E-state index contributed by atoms with van der Waals surface area (Å²) in [5, 5.41) is 72.3. The molecule has 1 fully saturated rings. The van der Waals surface area contributed by atoms with Crippen LogP contribution >= 0.6 is 12.2 Å². The number of aliphatic hydroxyl groups excluding tert-OH is 3. The summed E-state index contributed by atoms with van der Waals surface area (Å²) in [4.78, 5) is 43.1. The normalized spacial score (nSPS) is 25.2. The number of benzene rings is 3. The predicted molar refractivity (Wildman–Crippen MR) is 202 cm³/mol. The SMILES string of the molecule is C[C@H]1c2ccc(NC(=S)Nc3ccc(N=Nc4ccc(N(C)C)cc4)cc3)c(O)c2C(O)=C2C(=O)[C@]3(O)C(O)=C(C(N)=O)C(=O)[C@@H](N(C)C)[C@@H]3[C@@H](O)[C@@H]21. The molecule has 0 unspecified atom stereocenters. The number of phenolic OH excluding ortho intramolecular Hbond substituents is 1. The number of hydrogen-bond donors (Lipinski definition) is 8. The first kappa shape index (κ1) is 37.1. The predicted octanol–water partition coefficient (Wildman–Crippen LogP) is 3.79. The van der Waals surface area contributed by atoms with Gasteiger partial charge in [-0.3, -0.25) is 19.3 Å². The van der Waals surface area contributed by atoms with Crippen LogP contribution in [0.5, 0.6) is 5.75 Å². The summed E-state index contributed by atoms with van der Waals surface area (Å²) in [5.41, 5.74) is 4.07. The van der Waals surface area contributed by atoms with Crippen LogP contribution in [-0.4, -0.2) is 99.0 Å². The van der Waals surface area contributed by atoms with Crippen LogP contribution in [0.2, 0.25) is 0 Å². The third kappa shape index (κ3) is 6.08. The van der Waals surface area contributed by atoms with Crippen LogP contribution in [0.25, 0.3) is 5.76 Å². The van der Waals surface area contributed by atoms with Crippen LogP contribution in [0.3, 0.4) is 0 Å². The average molecular weight is 742 g/mol. The van der Waals surface area contributed by atoms with Crippen molar-refractivity contribution in [2.45, 2.75) is 30.6 Å². The molecule has 3 aromatic rings. The Bertz CT molecular complexity index is 2130. The van der Waals surface area contributed by atoms with Gasteiger partial charge in [0.25, 0.3) is 5.91 Å². The highest BCUT2D eigenvalue weighted by Crippen LogP contribution is 2.56. The van der Waals surface area contributed by atoms with E-state index >= 15 is 0 Å². The number of aliphatic hydroxyl groups is 4. The Labute approximate surface area is 309 Å². The fourth-order valence-electron chi connectivity index (χ4n) is 7.55. The number of fused-ring (bicyclic) bond motifs is 3. The number of anilines is 3. The highest BCUT2D eigenvalue weighted by atomic mass is 32.1. The molecule has 0 spiro atoms. The Balaban J connectivity index is 1.26. The zero-order valence-electron chi connectivity index (χ0n) is 29.4. The zero-order valence-corrected chi connectivity index (χ0v) is 30.2. The minimum absolute atomic E-state index is 0.0554. The molecule has 16 heteroatoms. The lowest BCUT2D eigenvalue weighted by Crippen LogP contribution is -2.70. The second kappa shape index (κ2) is 13.7. The van der Waals surface area contributed by atoms with Crippen molar-refractivity contribution >= 4 is 69.0 Å². The van der Waals surface area contributed by atoms with E-state index in [9.17, 15) is 39.9 Å². The number of Topliss-reactive ketones (excluding diaryl/α,β-unsaturated/α-hetero) is 2. The van der Waals surface area contributed by atoms with Crippen LogP contribution in [0, 0.1) is 11.8 Å². The molecular weight excluding hydrogens is 703 g/mol. The summed E-state index contributed by atoms with van der Waals surface area (Å²) < 4.78 is 0. The second-order valence-electron chi connectivity index (χ2n) is 13.7. The summed E-state index contributed by atoms with van der Waals surface area (Å²) in [6.07, 6.45) is -1.69. The number of aromatic hydroxyl groups is 1. The Morgan fingerprint density at radius 2 is 1.49 bits per heavy atom. The molecule has 276 valence electrons. The van der Waals surface area contributed by atoms with Crippen LogP contribution < -0.4 is 21.3 Å². The van der Waals surface area contributed by atoms with Crippen molar-refractivity contribution < 1.29 is 39.9 Å². The van der Waals surface area contributed by atoms with Crippen molar-refractivity contribution in [3.63, 3.8) is 0 Å². The Morgan fingerprint density at radius 3 is 2.04 bits per heavy atom. The van der Waals surface area contributed by atoms with Gasteiger partial charge in [-0.15, -0.1) is 0 Å². The molecule has 9 N–H and O–H groups in total. The van der Waals surface area contributed by atoms with Crippen molar-refractivity contribution in [2.24, 2.45) is 27.8 Å². The molecule has 15 nitrogen and oxygen atoms in total. The van der Waals surface area contributed by atoms with Crippen molar-refractivity contribution in [1.82, 2.24) is 4.90 Å².